The standard InChI is InChI=1S/C23H38O6/c1-14(12-19(25)28-7)10-11-23(27)15(2)8-9-18-21(4,5)20(26)17(29-16(3)24)13-22(18,23)6/h12,15,17-18,20,26-27H,8-11,13H2,1-7H3/b14-12-/t15-,17-,18+,20-,22+,23+/m1/s1. The summed E-state index contributed by atoms with van der Waals surface area (Å²) in [7, 11) is 1.35. The lowest BCUT2D eigenvalue weighted by Crippen LogP contribution is -2.68. The van der Waals surface area contributed by atoms with Gasteiger partial charge in [0, 0.05) is 18.4 Å². The first-order valence-corrected chi connectivity index (χ1v) is 10.6. The number of hydrogen-bond acceptors (Lipinski definition) is 6. The van der Waals surface area contributed by atoms with Crippen molar-refractivity contribution in [1.82, 2.24) is 0 Å². The molecule has 0 aromatic rings. The number of methoxy groups -OCH3 is 1. The van der Waals surface area contributed by atoms with Crippen molar-refractivity contribution in [2.45, 2.75) is 91.5 Å². The van der Waals surface area contributed by atoms with Crippen molar-refractivity contribution in [2.24, 2.45) is 22.7 Å². The molecule has 2 aliphatic rings. The molecule has 2 fully saturated rings. The van der Waals surface area contributed by atoms with E-state index >= 15 is 0 Å². The monoisotopic (exact) mass is 410 g/mol. The minimum absolute atomic E-state index is 0.0543. The van der Waals surface area contributed by atoms with Crippen LogP contribution in [0.4, 0.5) is 0 Å². The van der Waals surface area contributed by atoms with Crippen molar-refractivity contribution in [3.05, 3.63) is 11.6 Å². The average molecular weight is 411 g/mol. The number of esters is 2. The summed E-state index contributed by atoms with van der Waals surface area (Å²) >= 11 is 0. The van der Waals surface area contributed by atoms with Crippen LogP contribution in [0.15, 0.2) is 11.6 Å². The Kier molecular flexibility index (Phi) is 6.90. The molecule has 2 rings (SSSR count). The minimum atomic E-state index is -1.00. The Hall–Kier alpha value is -1.40. The third kappa shape index (κ3) is 4.24. The number of rotatable bonds is 5. The highest BCUT2D eigenvalue weighted by atomic mass is 16.6. The lowest BCUT2D eigenvalue weighted by atomic mass is 9.43. The zero-order valence-electron chi connectivity index (χ0n) is 18.9. The normalized spacial score (nSPS) is 39.4. The number of aliphatic hydroxyl groups is 2. The molecule has 0 unspecified atom stereocenters. The number of carbonyl (C=O) groups is 2. The van der Waals surface area contributed by atoms with Crippen LogP contribution in [0.2, 0.25) is 0 Å². The summed E-state index contributed by atoms with van der Waals surface area (Å²) in [5, 5.41) is 23.0. The SMILES string of the molecule is COC(=O)/C=C(/C)CC[C@]1(O)[C@H](C)CC[C@H]2C(C)(C)[C@H](O)[C@H](OC(C)=O)C[C@@]21C. The van der Waals surface area contributed by atoms with Gasteiger partial charge in [-0.25, -0.2) is 4.79 Å². The molecule has 0 radical (unpaired) electrons. The summed E-state index contributed by atoms with van der Waals surface area (Å²) in [5.41, 5.74) is -1.18. The van der Waals surface area contributed by atoms with Gasteiger partial charge in [0.1, 0.15) is 6.10 Å². The van der Waals surface area contributed by atoms with Crippen molar-refractivity contribution < 1.29 is 29.3 Å². The first-order chi connectivity index (χ1) is 13.3. The first-order valence-electron chi connectivity index (χ1n) is 10.6. The predicted octanol–water partition coefficient (Wildman–Crippen LogP) is 3.39. The summed E-state index contributed by atoms with van der Waals surface area (Å²) in [6, 6.07) is 0. The van der Waals surface area contributed by atoms with Crippen molar-refractivity contribution >= 4 is 11.9 Å². The van der Waals surface area contributed by atoms with Gasteiger partial charge in [-0.2, -0.15) is 0 Å². The van der Waals surface area contributed by atoms with Crippen molar-refractivity contribution in [2.75, 3.05) is 7.11 Å². The van der Waals surface area contributed by atoms with Crippen LogP contribution in [0.3, 0.4) is 0 Å². The zero-order valence-corrected chi connectivity index (χ0v) is 18.9. The second-order valence-corrected chi connectivity index (χ2v) is 10.0. The molecular formula is C23H38O6. The van der Waals surface area contributed by atoms with Crippen LogP contribution in [0.5, 0.6) is 0 Å². The highest BCUT2D eigenvalue weighted by Crippen LogP contribution is 2.64. The van der Waals surface area contributed by atoms with E-state index < -0.39 is 40.6 Å². The molecule has 0 spiro atoms. The van der Waals surface area contributed by atoms with Crippen LogP contribution in [-0.4, -0.2) is 47.1 Å². The number of hydrogen-bond donors (Lipinski definition) is 2. The molecule has 6 heteroatoms. The molecular weight excluding hydrogens is 372 g/mol. The maximum absolute atomic E-state index is 12.0. The highest BCUT2D eigenvalue weighted by molar-refractivity contribution is 5.82. The largest absolute Gasteiger partial charge is 0.466 e. The van der Waals surface area contributed by atoms with Gasteiger partial charge in [-0.3, -0.25) is 4.79 Å². The fourth-order valence-corrected chi connectivity index (χ4v) is 6.14. The van der Waals surface area contributed by atoms with Crippen LogP contribution in [0.25, 0.3) is 0 Å². The van der Waals surface area contributed by atoms with Gasteiger partial charge in [0.15, 0.2) is 0 Å². The molecule has 0 heterocycles. The second-order valence-electron chi connectivity index (χ2n) is 10.0. The van der Waals surface area contributed by atoms with Gasteiger partial charge in [0.05, 0.1) is 18.8 Å². The van der Waals surface area contributed by atoms with Gasteiger partial charge in [0.25, 0.3) is 0 Å². The number of aliphatic hydroxyl groups excluding tert-OH is 1. The Morgan fingerprint density at radius 1 is 1.17 bits per heavy atom. The number of ether oxygens (including phenoxy) is 2. The van der Waals surface area contributed by atoms with Gasteiger partial charge in [-0.15, -0.1) is 0 Å². The molecule has 2 saturated carbocycles. The molecule has 0 aliphatic heterocycles. The van der Waals surface area contributed by atoms with E-state index in [-0.39, 0.29) is 11.8 Å². The summed E-state index contributed by atoms with van der Waals surface area (Å²) in [4.78, 5) is 23.2. The Balaban J connectivity index is 2.39. The second kappa shape index (κ2) is 8.38. The van der Waals surface area contributed by atoms with Crippen molar-refractivity contribution in [3.8, 4) is 0 Å². The molecule has 2 N–H and O–H groups in total. The quantitative estimate of drug-likeness (QED) is 0.533. The number of allylic oxidation sites excluding steroid dienone is 1. The van der Waals surface area contributed by atoms with Crippen molar-refractivity contribution in [3.63, 3.8) is 0 Å². The van der Waals surface area contributed by atoms with Gasteiger partial charge in [-0.1, -0.05) is 33.3 Å². The molecule has 29 heavy (non-hydrogen) atoms. The van der Waals surface area contributed by atoms with E-state index in [1.54, 1.807) is 0 Å². The van der Waals surface area contributed by atoms with Gasteiger partial charge in [0.2, 0.25) is 0 Å². The third-order valence-corrected chi connectivity index (χ3v) is 7.88. The first kappa shape index (κ1) is 23.9. The Morgan fingerprint density at radius 2 is 1.79 bits per heavy atom. The molecule has 6 atom stereocenters. The van der Waals surface area contributed by atoms with E-state index in [0.29, 0.717) is 19.3 Å². The molecule has 0 amide bonds. The van der Waals surface area contributed by atoms with E-state index in [2.05, 4.69) is 13.8 Å². The number of fused-ring (bicyclic) bond motifs is 1. The minimum Gasteiger partial charge on any atom is -0.466 e. The topological polar surface area (TPSA) is 93.1 Å². The summed E-state index contributed by atoms with van der Waals surface area (Å²) in [5.74, 6) is -0.676. The smallest absolute Gasteiger partial charge is 0.330 e. The maximum Gasteiger partial charge on any atom is 0.330 e. The Bertz CT molecular complexity index is 668. The van der Waals surface area contributed by atoms with Crippen molar-refractivity contribution in [1.29, 1.82) is 0 Å². The lowest BCUT2D eigenvalue weighted by Gasteiger charge is -2.65. The molecule has 6 nitrogen and oxygen atoms in total. The van der Waals surface area contributed by atoms with Crippen LogP contribution in [0, 0.1) is 22.7 Å². The van der Waals surface area contributed by atoms with E-state index in [1.807, 2.05) is 20.8 Å². The van der Waals surface area contributed by atoms with E-state index in [0.717, 1.165) is 18.4 Å². The zero-order chi connectivity index (χ0) is 22.2. The van der Waals surface area contributed by atoms with E-state index in [1.165, 1.54) is 20.1 Å². The molecule has 0 saturated heterocycles. The summed E-state index contributed by atoms with van der Waals surface area (Å²) in [6.45, 7) is 11.4. The van der Waals surface area contributed by atoms with Gasteiger partial charge in [-0.05, 0) is 56.3 Å². The van der Waals surface area contributed by atoms with E-state index in [9.17, 15) is 19.8 Å². The molecule has 2 aliphatic carbocycles. The molecule has 0 aromatic carbocycles. The Labute approximate surface area is 174 Å². The fraction of sp³-hybridized carbons (Fsp3) is 0.826. The number of carbonyl (C=O) groups excluding carboxylic acids is 2. The highest BCUT2D eigenvalue weighted by Gasteiger charge is 2.65. The average Bonchev–Trinajstić information content (AvgIpc) is 2.62. The van der Waals surface area contributed by atoms with E-state index in [4.69, 9.17) is 9.47 Å². The molecule has 0 aromatic heterocycles. The third-order valence-electron chi connectivity index (χ3n) is 7.88. The molecule has 166 valence electrons. The van der Waals surface area contributed by atoms with Gasteiger partial charge >= 0.3 is 11.9 Å². The van der Waals surface area contributed by atoms with Crippen LogP contribution in [-0.2, 0) is 19.1 Å². The predicted molar refractivity (Wildman–Crippen MR) is 110 cm³/mol. The van der Waals surface area contributed by atoms with Crippen LogP contribution >= 0.6 is 0 Å². The molecule has 0 bridgehead atoms. The summed E-state index contributed by atoms with van der Waals surface area (Å²) < 4.78 is 10.2. The van der Waals surface area contributed by atoms with Crippen LogP contribution in [0.1, 0.15) is 73.6 Å². The fourth-order valence-electron chi connectivity index (χ4n) is 6.14. The lowest BCUT2D eigenvalue weighted by molar-refractivity contribution is -0.260. The van der Waals surface area contributed by atoms with Gasteiger partial charge < -0.3 is 19.7 Å². The van der Waals surface area contributed by atoms with Crippen LogP contribution < -0.4 is 0 Å². The maximum atomic E-state index is 12.0. The summed E-state index contributed by atoms with van der Waals surface area (Å²) in [6.07, 6.45) is 3.31. The Morgan fingerprint density at radius 3 is 2.34 bits per heavy atom.